The Morgan fingerprint density at radius 3 is 1.63 bits per heavy atom. The van der Waals surface area contributed by atoms with Crippen LogP contribution in [-0.2, 0) is 0 Å². The summed E-state index contributed by atoms with van der Waals surface area (Å²) in [6.07, 6.45) is 3.30. The lowest BCUT2D eigenvalue weighted by Gasteiger charge is -2.21. The van der Waals surface area contributed by atoms with Crippen molar-refractivity contribution in [2.24, 2.45) is 0 Å². The molecule has 0 aliphatic heterocycles. The SMILES string of the molecule is CCC(C)c1ccc(NC(=S)NC(CC)c2ccc(C(C)CC)cc2)cc1. The molecule has 0 aliphatic carbocycles. The lowest BCUT2D eigenvalue weighted by Crippen LogP contribution is -2.32. The van der Waals surface area contributed by atoms with Crippen molar-refractivity contribution >= 4 is 23.0 Å². The van der Waals surface area contributed by atoms with E-state index in [1.165, 1.54) is 23.1 Å². The molecular weight excluding hydrogens is 348 g/mol. The van der Waals surface area contributed by atoms with Crippen LogP contribution in [0.25, 0.3) is 0 Å². The van der Waals surface area contributed by atoms with Gasteiger partial charge < -0.3 is 10.6 Å². The number of nitrogens with one attached hydrogen (secondary N) is 2. The second kappa shape index (κ2) is 10.5. The molecule has 3 heteroatoms. The summed E-state index contributed by atoms with van der Waals surface area (Å²) in [6.45, 7) is 11.2. The van der Waals surface area contributed by atoms with Gasteiger partial charge in [-0.3, -0.25) is 0 Å². The molecule has 0 saturated carbocycles. The van der Waals surface area contributed by atoms with Crippen molar-refractivity contribution in [1.29, 1.82) is 0 Å². The number of hydrogen-bond acceptors (Lipinski definition) is 1. The van der Waals surface area contributed by atoms with Gasteiger partial charge in [-0.1, -0.05) is 71.0 Å². The van der Waals surface area contributed by atoms with E-state index in [-0.39, 0.29) is 6.04 Å². The van der Waals surface area contributed by atoms with Crippen LogP contribution in [0.5, 0.6) is 0 Å². The highest BCUT2D eigenvalue weighted by Gasteiger charge is 2.12. The van der Waals surface area contributed by atoms with Gasteiger partial charge in [-0.15, -0.1) is 0 Å². The molecule has 0 amide bonds. The first-order valence-electron chi connectivity index (χ1n) is 10.3. The Hall–Kier alpha value is -1.87. The van der Waals surface area contributed by atoms with Crippen molar-refractivity contribution in [2.45, 2.75) is 71.8 Å². The normalized spacial score (nSPS) is 14.3. The van der Waals surface area contributed by atoms with Gasteiger partial charge in [0.1, 0.15) is 0 Å². The van der Waals surface area contributed by atoms with E-state index in [0.29, 0.717) is 16.9 Å². The third-order valence-electron chi connectivity index (χ3n) is 5.58. The molecule has 2 aromatic rings. The van der Waals surface area contributed by atoms with Crippen LogP contribution in [0.3, 0.4) is 0 Å². The molecule has 146 valence electrons. The van der Waals surface area contributed by atoms with Gasteiger partial charge in [-0.2, -0.15) is 0 Å². The van der Waals surface area contributed by atoms with Crippen LogP contribution < -0.4 is 10.6 Å². The number of rotatable bonds is 8. The lowest BCUT2D eigenvalue weighted by molar-refractivity contribution is 0.628. The molecule has 2 N–H and O–H groups in total. The minimum Gasteiger partial charge on any atom is -0.356 e. The van der Waals surface area contributed by atoms with Gasteiger partial charge in [0.25, 0.3) is 0 Å². The van der Waals surface area contributed by atoms with Gasteiger partial charge in [-0.25, -0.2) is 0 Å². The zero-order valence-corrected chi connectivity index (χ0v) is 18.2. The molecule has 0 bridgehead atoms. The largest absolute Gasteiger partial charge is 0.356 e. The third kappa shape index (κ3) is 6.07. The van der Waals surface area contributed by atoms with Crippen LogP contribution in [0.1, 0.15) is 88.4 Å². The van der Waals surface area contributed by atoms with Crippen molar-refractivity contribution in [3.63, 3.8) is 0 Å². The van der Waals surface area contributed by atoms with Crippen LogP contribution in [0, 0.1) is 0 Å². The Morgan fingerprint density at radius 2 is 1.19 bits per heavy atom. The summed E-state index contributed by atoms with van der Waals surface area (Å²) in [4.78, 5) is 0. The fraction of sp³-hybridized carbons (Fsp3) is 0.458. The summed E-state index contributed by atoms with van der Waals surface area (Å²) in [7, 11) is 0. The van der Waals surface area contributed by atoms with E-state index >= 15 is 0 Å². The van der Waals surface area contributed by atoms with Crippen LogP contribution in [0.4, 0.5) is 5.69 Å². The Kier molecular flexibility index (Phi) is 8.30. The van der Waals surface area contributed by atoms with Gasteiger partial charge in [-0.05, 0) is 72.1 Å². The van der Waals surface area contributed by atoms with Gasteiger partial charge in [0.05, 0.1) is 6.04 Å². The first-order chi connectivity index (χ1) is 13.0. The summed E-state index contributed by atoms with van der Waals surface area (Å²) < 4.78 is 0. The standard InChI is InChI=1S/C24H34N2S/c1-6-17(4)19-9-11-21(12-10-19)23(8-3)26-24(27)25-22-15-13-20(14-16-22)18(5)7-2/h9-18,23H,6-8H2,1-5H3,(H2,25,26,27). The average Bonchev–Trinajstić information content (AvgIpc) is 2.71. The molecular formula is C24H34N2S. The zero-order valence-electron chi connectivity index (χ0n) is 17.4. The lowest BCUT2D eigenvalue weighted by atomic mass is 9.95. The minimum absolute atomic E-state index is 0.218. The number of thiocarbonyl (C=S) groups is 1. The minimum atomic E-state index is 0.218. The number of anilines is 1. The maximum absolute atomic E-state index is 5.55. The highest BCUT2D eigenvalue weighted by molar-refractivity contribution is 7.80. The molecule has 0 heterocycles. The molecule has 0 radical (unpaired) electrons. The monoisotopic (exact) mass is 382 g/mol. The van der Waals surface area contributed by atoms with Gasteiger partial charge >= 0.3 is 0 Å². The van der Waals surface area contributed by atoms with Crippen molar-refractivity contribution < 1.29 is 0 Å². The summed E-state index contributed by atoms with van der Waals surface area (Å²) in [6, 6.07) is 17.8. The summed E-state index contributed by atoms with van der Waals surface area (Å²) in [5.74, 6) is 1.19. The summed E-state index contributed by atoms with van der Waals surface area (Å²) in [5, 5.41) is 7.45. The smallest absolute Gasteiger partial charge is 0.171 e. The van der Waals surface area contributed by atoms with Crippen LogP contribution in [0.2, 0.25) is 0 Å². The summed E-state index contributed by atoms with van der Waals surface area (Å²) in [5.41, 5.74) is 5.08. The Balaban J connectivity index is 1.98. The van der Waals surface area contributed by atoms with Crippen molar-refractivity contribution in [3.8, 4) is 0 Å². The van der Waals surface area contributed by atoms with E-state index in [1.54, 1.807) is 0 Å². The Bertz CT molecular complexity index is 706. The van der Waals surface area contributed by atoms with Crippen molar-refractivity contribution in [1.82, 2.24) is 5.32 Å². The predicted octanol–water partition coefficient (Wildman–Crippen LogP) is 7.15. The molecule has 0 fully saturated rings. The molecule has 2 rings (SSSR count). The Labute approximate surface area is 170 Å². The second-order valence-electron chi connectivity index (χ2n) is 7.47. The van der Waals surface area contributed by atoms with E-state index in [4.69, 9.17) is 12.2 Å². The molecule has 0 spiro atoms. The highest BCUT2D eigenvalue weighted by Crippen LogP contribution is 2.23. The van der Waals surface area contributed by atoms with Gasteiger partial charge in [0.2, 0.25) is 0 Å². The topological polar surface area (TPSA) is 24.1 Å². The molecule has 0 saturated heterocycles. The molecule has 27 heavy (non-hydrogen) atoms. The number of benzene rings is 2. The highest BCUT2D eigenvalue weighted by atomic mass is 32.1. The van der Waals surface area contributed by atoms with Crippen LogP contribution in [-0.4, -0.2) is 5.11 Å². The second-order valence-corrected chi connectivity index (χ2v) is 7.87. The first-order valence-corrected chi connectivity index (χ1v) is 10.7. The fourth-order valence-electron chi connectivity index (χ4n) is 3.17. The maximum Gasteiger partial charge on any atom is 0.171 e. The maximum atomic E-state index is 5.55. The molecule has 0 aliphatic rings. The predicted molar refractivity (Wildman–Crippen MR) is 123 cm³/mol. The fourth-order valence-corrected chi connectivity index (χ4v) is 3.43. The van der Waals surface area contributed by atoms with E-state index in [0.717, 1.165) is 18.5 Å². The molecule has 3 unspecified atom stereocenters. The van der Waals surface area contributed by atoms with Gasteiger partial charge in [0, 0.05) is 5.69 Å². The van der Waals surface area contributed by atoms with Crippen LogP contribution >= 0.6 is 12.2 Å². The van der Waals surface area contributed by atoms with Crippen molar-refractivity contribution in [2.75, 3.05) is 5.32 Å². The van der Waals surface area contributed by atoms with Gasteiger partial charge in [0.15, 0.2) is 5.11 Å². The average molecular weight is 383 g/mol. The third-order valence-corrected chi connectivity index (χ3v) is 5.80. The van der Waals surface area contributed by atoms with E-state index in [9.17, 15) is 0 Å². The van der Waals surface area contributed by atoms with E-state index < -0.39 is 0 Å². The van der Waals surface area contributed by atoms with Crippen LogP contribution in [0.15, 0.2) is 48.5 Å². The van der Waals surface area contributed by atoms with E-state index in [1.807, 2.05) is 0 Å². The molecule has 0 aromatic heterocycles. The Morgan fingerprint density at radius 1 is 0.741 bits per heavy atom. The summed E-state index contributed by atoms with van der Waals surface area (Å²) >= 11 is 5.55. The van der Waals surface area contributed by atoms with Crippen molar-refractivity contribution in [3.05, 3.63) is 65.2 Å². The quantitative estimate of drug-likeness (QED) is 0.474. The molecule has 2 nitrogen and oxygen atoms in total. The zero-order chi connectivity index (χ0) is 19.8. The number of hydrogen-bond donors (Lipinski definition) is 2. The first kappa shape index (κ1) is 21.4. The molecule has 2 aromatic carbocycles. The van der Waals surface area contributed by atoms with E-state index in [2.05, 4.69) is 93.8 Å². The molecule has 3 atom stereocenters.